The maximum absolute atomic E-state index is 12.1. The lowest BCUT2D eigenvalue weighted by molar-refractivity contribution is -0.384. The maximum atomic E-state index is 12.1. The first kappa shape index (κ1) is 15.5. The Bertz CT molecular complexity index is 734. The Morgan fingerprint density at radius 3 is 2.57 bits per heavy atom. The number of carbonyl (C=O) groups excluding carboxylic acids is 1. The van der Waals surface area contributed by atoms with Crippen molar-refractivity contribution in [2.75, 3.05) is 5.73 Å². The number of nitro benzene ring substituents is 1. The molecule has 3 N–H and O–H groups in total. The van der Waals surface area contributed by atoms with Crippen LogP contribution < -0.4 is 10.5 Å². The average molecular weight is 334 g/mol. The van der Waals surface area contributed by atoms with Gasteiger partial charge in [0, 0.05) is 12.0 Å². The minimum absolute atomic E-state index is 0.122. The van der Waals surface area contributed by atoms with Crippen LogP contribution in [0.4, 0.5) is 11.4 Å². The van der Waals surface area contributed by atoms with Crippen LogP contribution in [0.15, 0.2) is 17.0 Å². The van der Waals surface area contributed by atoms with Crippen molar-refractivity contribution in [2.24, 2.45) is 11.8 Å². The zero-order valence-electron chi connectivity index (χ0n) is 10.9. The van der Waals surface area contributed by atoms with E-state index in [9.17, 15) is 23.3 Å². The Labute approximate surface area is 125 Å². The Kier molecular flexibility index (Phi) is 3.81. The summed E-state index contributed by atoms with van der Waals surface area (Å²) in [5, 5.41) is 10.5. The van der Waals surface area contributed by atoms with Gasteiger partial charge in [0.25, 0.3) is 15.7 Å². The fraction of sp³-hybridized carbons (Fsp3) is 0.364. The van der Waals surface area contributed by atoms with Crippen molar-refractivity contribution >= 4 is 38.9 Å². The molecule has 0 aromatic heterocycles. The zero-order valence-corrected chi connectivity index (χ0v) is 12.4. The van der Waals surface area contributed by atoms with E-state index in [1.165, 1.54) is 0 Å². The van der Waals surface area contributed by atoms with E-state index in [-0.39, 0.29) is 22.5 Å². The van der Waals surface area contributed by atoms with Gasteiger partial charge in [0.2, 0.25) is 5.91 Å². The second-order valence-electron chi connectivity index (χ2n) is 4.89. The summed E-state index contributed by atoms with van der Waals surface area (Å²) in [6.07, 6.45) is 0.608. The predicted octanol–water partition coefficient (Wildman–Crippen LogP) is 1.29. The van der Waals surface area contributed by atoms with Crippen molar-refractivity contribution < 1.29 is 18.1 Å². The Morgan fingerprint density at radius 2 is 2.10 bits per heavy atom. The molecule has 21 heavy (non-hydrogen) atoms. The van der Waals surface area contributed by atoms with Gasteiger partial charge in [-0.1, -0.05) is 18.5 Å². The van der Waals surface area contributed by atoms with Crippen molar-refractivity contribution in [2.45, 2.75) is 18.2 Å². The van der Waals surface area contributed by atoms with Crippen molar-refractivity contribution in [3.05, 3.63) is 27.3 Å². The minimum Gasteiger partial charge on any atom is -0.393 e. The van der Waals surface area contributed by atoms with Crippen LogP contribution in [0.1, 0.15) is 13.3 Å². The van der Waals surface area contributed by atoms with Gasteiger partial charge >= 0.3 is 0 Å². The third kappa shape index (κ3) is 3.08. The Balaban J connectivity index is 2.37. The largest absolute Gasteiger partial charge is 0.393 e. The quantitative estimate of drug-likeness (QED) is 0.484. The molecule has 1 amide bonds. The smallest absolute Gasteiger partial charge is 0.293 e. The van der Waals surface area contributed by atoms with Crippen LogP contribution in [0.25, 0.3) is 0 Å². The third-order valence-electron chi connectivity index (χ3n) is 3.25. The summed E-state index contributed by atoms with van der Waals surface area (Å²) in [4.78, 5) is 21.1. The summed E-state index contributed by atoms with van der Waals surface area (Å²) in [6.45, 7) is 1.82. The van der Waals surface area contributed by atoms with Crippen LogP contribution in [0.2, 0.25) is 5.02 Å². The third-order valence-corrected chi connectivity index (χ3v) is 5.06. The van der Waals surface area contributed by atoms with Gasteiger partial charge in [0.05, 0.1) is 9.95 Å². The molecule has 1 aromatic rings. The molecule has 0 unspecified atom stereocenters. The molecule has 2 atom stereocenters. The molecule has 8 nitrogen and oxygen atoms in total. The summed E-state index contributed by atoms with van der Waals surface area (Å²) in [6, 6.07) is 1.71. The van der Waals surface area contributed by atoms with E-state index in [1.54, 1.807) is 0 Å². The van der Waals surface area contributed by atoms with E-state index in [0.29, 0.717) is 6.42 Å². The summed E-state index contributed by atoms with van der Waals surface area (Å²) in [7, 11) is -4.28. The number of nitro groups is 1. The lowest BCUT2D eigenvalue weighted by atomic mass is 10.3. The summed E-state index contributed by atoms with van der Waals surface area (Å²) < 4.78 is 26.1. The lowest BCUT2D eigenvalue weighted by Crippen LogP contribution is -2.32. The molecule has 1 fully saturated rings. The van der Waals surface area contributed by atoms with Gasteiger partial charge in [-0.05, 0) is 18.4 Å². The Hall–Kier alpha value is -1.87. The summed E-state index contributed by atoms with van der Waals surface area (Å²) in [5.41, 5.74) is 4.55. The molecule has 0 bridgehead atoms. The van der Waals surface area contributed by atoms with Gasteiger partial charge in [-0.25, -0.2) is 13.1 Å². The molecule has 2 rings (SSSR count). The zero-order chi connectivity index (χ0) is 15.9. The number of hydrogen-bond donors (Lipinski definition) is 2. The fourth-order valence-electron chi connectivity index (χ4n) is 1.87. The molecule has 1 saturated carbocycles. The number of rotatable bonds is 4. The highest BCUT2D eigenvalue weighted by molar-refractivity contribution is 7.90. The molecule has 10 heteroatoms. The molecular formula is C11H12ClN3O5S. The summed E-state index contributed by atoms with van der Waals surface area (Å²) >= 11 is 5.76. The van der Waals surface area contributed by atoms with E-state index in [1.807, 2.05) is 11.6 Å². The van der Waals surface area contributed by atoms with E-state index in [4.69, 9.17) is 17.3 Å². The highest BCUT2D eigenvalue weighted by Gasteiger charge is 2.41. The number of amides is 1. The van der Waals surface area contributed by atoms with Crippen molar-refractivity contribution in [3.63, 3.8) is 0 Å². The van der Waals surface area contributed by atoms with Gasteiger partial charge < -0.3 is 5.73 Å². The van der Waals surface area contributed by atoms with Gasteiger partial charge in [0.1, 0.15) is 10.6 Å². The Morgan fingerprint density at radius 1 is 1.52 bits per heavy atom. The molecule has 0 heterocycles. The molecule has 0 spiro atoms. The van der Waals surface area contributed by atoms with Crippen molar-refractivity contribution in [3.8, 4) is 0 Å². The van der Waals surface area contributed by atoms with Crippen LogP contribution >= 0.6 is 11.6 Å². The first-order chi connectivity index (χ1) is 9.63. The van der Waals surface area contributed by atoms with Crippen LogP contribution in [0.5, 0.6) is 0 Å². The van der Waals surface area contributed by atoms with Crippen molar-refractivity contribution in [1.29, 1.82) is 0 Å². The number of anilines is 1. The average Bonchev–Trinajstić information content (AvgIpc) is 3.04. The van der Waals surface area contributed by atoms with E-state index in [0.717, 1.165) is 12.1 Å². The second-order valence-corrected chi connectivity index (χ2v) is 6.95. The van der Waals surface area contributed by atoms with Crippen molar-refractivity contribution in [1.82, 2.24) is 4.72 Å². The standard InChI is InChI=1S/C11H12ClN3O5S/c1-5-2-6(5)11(16)14-21(19,20)10-4-9(15(17)18)8(13)3-7(10)12/h3-6H,2,13H2,1H3,(H,14,16)/t5-,6+/m1/s1. The van der Waals surface area contributed by atoms with E-state index < -0.39 is 31.4 Å². The van der Waals surface area contributed by atoms with E-state index >= 15 is 0 Å². The number of carbonyl (C=O) groups is 1. The SMILES string of the molecule is C[C@@H]1C[C@@H]1C(=O)NS(=O)(=O)c1cc([N+](=O)[O-])c(N)cc1Cl. The second kappa shape index (κ2) is 5.15. The topological polar surface area (TPSA) is 132 Å². The number of nitrogen functional groups attached to an aromatic ring is 1. The molecule has 0 aliphatic heterocycles. The first-order valence-corrected chi connectivity index (χ1v) is 7.79. The highest BCUT2D eigenvalue weighted by Crippen LogP contribution is 2.38. The molecule has 0 radical (unpaired) electrons. The number of hydrogen-bond acceptors (Lipinski definition) is 6. The maximum Gasteiger partial charge on any atom is 0.293 e. The number of nitrogens with two attached hydrogens (primary N) is 1. The molecular weight excluding hydrogens is 322 g/mol. The molecule has 0 saturated heterocycles. The van der Waals surface area contributed by atoms with Crippen LogP contribution in [0.3, 0.4) is 0 Å². The molecule has 114 valence electrons. The summed E-state index contributed by atoms with van der Waals surface area (Å²) in [5.74, 6) is -0.878. The highest BCUT2D eigenvalue weighted by atomic mass is 35.5. The number of halogens is 1. The number of sulfonamides is 1. The van der Waals surface area contributed by atoms with Crippen LogP contribution in [-0.4, -0.2) is 19.2 Å². The first-order valence-electron chi connectivity index (χ1n) is 5.93. The molecule has 1 aliphatic carbocycles. The predicted molar refractivity (Wildman–Crippen MR) is 75.1 cm³/mol. The minimum atomic E-state index is -4.28. The molecule has 1 aliphatic rings. The van der Waals surface area contributed by atoms with E-state index in [2.05, 4.69) is 0 Å². The number of nitrogens with one attached hydrogen (secondary N) is 1. The van der Waals surface area contributed by atoms with Gasteiger partial charge in [-0.2, -0.15) is 0 Å². The monoisotopic (exact) mass is 333 g/mol. The van der Waals surface area contributed by atoms with Crippen LogP contribution in [-0.2, 0) is 14.8 Å². The van der Waals surface area contributed by atoms with Crippen LogP contribution in [0, 0.1) is 22.0 Å². The van der Waals surface area contributed by atoms with Gasteiger partial charge in [-0.3, -0.25) is 14.9 Å². The van der Waals surface area contributed by atoms with Gasteiger partial charge in [-0.15, -0.1) is 0 Å². The normalized spacial score (nSPS) is 20.9. The number of nitrogens with zero attached hydrogens (tertiary/aromatic N) is 1. The number of benzene rings is 1. The van der Waals surface area contributed by atoms with Gasteiger partial charge in [0.15, 0.2) is 0 Å². The fourth-order valence-corrected chi connectivity index (χ4v) is 3.46. The molecule has 1 aromatic carbocycles. The lowest BCUT2D eigenvalue weighted by Gasteiger charge is -2.09.